The number of amides is 1. The molecule has 3 nitrogen and oxygen atoms in total. The van der Waals surface area contributed by atoms with Gasteiger partial charge in [0.25, 0.3) is 5.91 Å². The second-order valence-electron chi connectivity index (χ2n) is 3.66. The van der Waals surface area contributed by atoms with Gasteiger partial charge in [0.2, 0.25) is 0 Å². The fraction of sp³-hybridized carbons (Fsp3) is 0.0714. The molecular weight excluding hydrogens is 294 g/mol. The zero-order valence-electron chi connectivity index (χ0n) is 9.81. The van der Waals surface area contributed by atoms with Gasteiger partial charge >= 0.3 is 0 Å². The lowest BCUT2D eigenvalue weighted by molar-refractivity contribution is 0.102. The van der Waals surface area contributed by atoms with Crippen molar-refractivity contribution in [1.82, 2.24) is 0 Å². The van der Waals surface area contributed by atoms with Crippen molar-refractivity contribution in [2.75, 3.05) is 12.4 Å². The van der Waals surface area contributed by atoms with Crippen LogP contribution in [0.15, 0.2) is 53.0 Å². The maximum absolute atomic E-state index is 12.0. The minimum atomic E-state index is -0.166. The smallest absolute Gasteiger partial charge is 0.255 e. The third-order valence-electron chi connectivity index (χ3n) is 2.44. The van der Waals surface area contributed by atoms with Gasteiger partial charge in [-0.25, -0.2) is 0 Å². The number of nitrogens with one attached hydrogen (secondary N) is 1. The molecule has 0 unspecified atom stereocenters. The van der Waals surface area contributed by atoms with Crippen LogP contribution in [0.4, 0.5) is 5.69 Å². The Labute approximate surface area is 114 Å². The molecule has 0 saturated carbocycles. The van der Waals surface area contributed by atoms with Gasteiger partial charge in [-0.3, -0.25) is 4.79 Å². The molecule has 4 heteroatoms. The number of anilines is 1. The van der Waals surface area contributed by atoms with Crippen LogP contribution in [0.5, 0.6) is 5.75 Å². The summed E-state index contributed by atoms with van der Waals surface area (Å²) in [5, 5.41) is 2.82. The Bertz CT molecular complexity index is 569. The van der Waals surface area contributed by atoms with E-state index >= 15 is 0 Å². The minimum absolute atomic E-state index is 0.166. The van der Waals surface area contributed by atoms with E-state index in [0.29, 0.717) is 17.0 Å². The number of methoxy groups -OCH3 is 1. The Morgan fingerprint density at radius 3 is 2.67 bits per heavy atom. The summed E-state index contributed by atoms with van der Waals surface area (Å²) in [7, 11) is 1.57. The molecule has 1 amide bonds. The quantitative estimate of drug-likeness (QED) is 0.939. The van der Waals surface area contributed by atoms with Crippen molar-refractivity contribution in [3.05, 3.63) is 58.6 Å². The van der Waals surface area contributed by atoms with Crippen molar-refractivity contribution in [2.45, 2.75) is 0 Å². The number of halogens is 1. The number of hydrogen-bond acceptors (Lipinski definition) is 2. The molecule has 0 aromatic heterocycles. The molecule has 2 aromatic rings. The standard InChI is InChI=1S/C14H12BrNO2/c1-18-13-8-3-2-7-12(13)16-14(17)10-5-4-6-11(15)9-10/h2-9H,1H3,(H,16,17). The first-order valence-electron chi connectivity index (χ1n) is 5.40. The lowest BCUT2D eigenvalue weighted by atomic mass is 10.2. The highest BCUT2D eigenvalue weighted by atomic mass is 79.9. The van der Waals surface area contributed by atoms with Crippen LogP contribution in [0.2, 0.25) is 0 Å². The molecule has 2 aromatic carbocycles. The van der Waals surface area contributed by atoms with Crippen molar-refractivity contribution in [2.24, 2.45) is 0 Å². The largest absolute Gasteiger partial charge is 0.495 e. The maximum atomic E-state index is 12.0. The van der Waals surface area contributed by atoms with E-state index in [-0.39, 0.29) is 5.91 Å². The number of carbonyl (C=O) groups excluding carboxylic acids is 1. The predicted octanol–water partition coefficient (Wildman–Crippen LogP) is 3.71. The molecule has 0 fully saturated rings. The Morgan fingerprint density at radius 1 is 1.17 bits per heavy atom. The molecule has 2 rings (SSSR count). The second-order valence-corrected chi connectivity index (χ2v) is 4.58. The SMILES string of the molecule is COc1ccccc1NC(=O)c1cccc(Br)c1. The average molecular weight is 306 g/mol. The van der Waals surface area contributed by atoms with Gasteiger partial charge in [-0.2, -0.15) is 0 Å². The fourth-order valence-corrected chi connectivity index (χ4v) is 1.97. The zero-order valence-corrected chi connectivity index (χ0v) is 11.4. The first-order chi connectivity index (χ1) is 8.70. The van der Waals surface area contributed by atoms with Crippen molar-refractivity contribution in [3.8, 4) is 5.75 Å². The highest BCUT2D eigenvalue weighted by molar-refractivity contribution is 9.10. The molecule has 0 bridgehead atoms. The van der Waals surface area contributed by atoms with Gasteiger partial charge in [0.1, 0.15) is 5.75 Å². The van der Waals surface area contributed by atoms with E-state index in [2.05, 4.69) is 21.2 Å². The van der Waals surface area contributed by atoms with Gasteiger partial charge in [0.15, 0.2) is 0 Å². The van der Waals surface area contributed by atoms with Crippen molar-refractivity contribution in [3.63, 3.8) is 0 Å². The fourth-order valence-electron chi connectivity index (χ4n) is 1.57. The first-order valence-corrected chi connectivity index (χ1v) is 6.20. The highest BCUT2D eigenvalue weighted by Crippen LogP contribution is 2.24. The Kier molecular flexibility index (Phi) is 3.99. The van der Waals surface area contributed by atoms with E-state index in [9.17, 15) is 4.79 Å². The van der Waals surface area contributed by atoms with Crippen LogP contribution in [0.3, 0.4) is 0 Å². The second kappa shape index (κ2) is 5.69. The van der Waals surface area contributed by atoms with E-state index in [0.717, 1.165) is 4.47 Å². The van der Waals surface area contributed by atoms with Crippen LogP contribution >= 0.6 is 15.9 Å². The Balaban J connectivity index is 2.21. The molecule has 0 aliphatic heterocycles. The van der Waals surface area contributed by atoms with Gasteiger partial charge in [-0.15, -0.1) is 0 Å². The van der Waals surface area contributed by atoms with Gasteiger partial charge in [-0.05, 0) is 30.3 Å². The molecule has 0 spiro atoms. The Hall–Kier alpha value is -1.81. The molecule has 92 valence electrons. The zero-order chi connectivity index (χ0) is 13.0. The maximum Gasteiger partial charge on any atom is 0.255 e. The number of rotatable bonds is 3. The van der Waals surface area contributed by atoms with E-state index < -0.39 is 0 Å². The van der Waals surface area contributed by atoms with Gasteiger partial charge in [0, 0.05) is 10.0 Å². The molecule has 0 aliphatic rings. The summed E-state index contributed by atoms with van der Waals surface area (Å²) in [5.41, 5.74) is 1.25. The van der Waals surface area contributed by atoms with E-state index in [1.54, 1.807) is 31.4 Å². The van der Waals surface area contributed by atoms with Crippen molar-refractivity contribution in [1.29, 1.82) is 0 Å². The van der Waals surface area contributed by atoms with Crippen molar-refractivity contribution >= 4 is 27.5 Å². The van der Waals surface area contributed by atoms with Crippen LogP contribution < -0.4 is 10.1 Å². The monoisotopic (exact) mass is 305 g/mol. The summed E-state index contributed by atoms with van der Waals surface area (Å²) in [6.07, 6.45) is 0. The van der Waals surface area contributed by atoms with Crippen LogP contribution in [-0.2, 0) is 0 Å². The van der Waals surface area contributed by atoms with Gasteiger partial charge in [-0.1, -0.05) is 34.1 Å². The van der Waals surface area contributed by atoms with E-state index in [1.165, 1.54) is 0 Å². The normalized spacial score (nSPS) is 9.89. The molecule has 0 aliphatic carbocycles. The van der Waals surface area contributed by atoms with Crippen LogP contribution in [0, 0.1) is 0 Å². The summed E-state index contributed by atoms with van der Waals surface area (Å²) in [6, 6.07) is 14.5. The van der Waals surface area contributed by atoms with Gasteiger partial charge in [0.05, 0.1) is 12.8 Å². The number of carbonyl (C=O) groups is 1. The topological polar surface area (TPSA) is 38.3 Å². The molecule has 0 saturated heterocycles. The summed E-state index contributed by atoms with van der Waals surface area (Å²) < 4.78 is 6.05. The molecule has 0 radical (unpaired) electrons. The number of para-hydroxylation sites is 2. The van der Waals surface area contributed by atoms with Crippen molar-refractivity contribution < 1.29 is 9.53 Å². The summed E-state index contributed by atoms with van der Waals surface area (Å²) >= 11 is 3.34. The third-order valence-corrected chi connectivity index (χ3v) is 2.94. The van der Waals surface area contributed by atoms with E-state index in [4.69, 9.17) is 4.74 Å². The summed E-state index contributed by atoms with van der Waals surface area (Å²) in [5.74, 6) is 0.474. The number of hydrogen-bond donors (Lipinski definition) is 1. The Morgan fingerprint density at radius 2 is 1.94 bits per heavy atom. The molecule has 0 heterocycles. The van der Waals surface area contributed by atoms with Gasteiger partial charge < -0.3 is 10.1 Å². The first kappa shape index (κ1) is 12.6. The number of benzene rings is 2. The molecular formula is C14H12BrNO2. The van der Waals surface area contributed by atoms with E-state index in [1.807, 2.05) is 24.3 Å². The van der Waals surface area contributed by atoms with Crippen LogP contribution in [0.1, 0.15) is 10.4 Å². The highest BCUT2D eigenvalue weighted by Gasteiger charge is 2.09. The molecule has 1 N–H and O–H groups in total. The number of ether oxygens (including phenoxy) is 1. The average Bonchev–Trinajstić information content (AvgIpc) is 2.39. The molecule has 0 atom stereocenters. The third kappa shape index (κ3) is 2.90. The lowest BCUT2D eigenvalue weighted by Crippen LogP contribution is -2.12. The minimum Gasteiger partial charge on any atom is -0.495 e. The molecule has 18 heavy (non-hydrogen) atoms. The lowest BCUT2D eigenvalue weighted by Gasteiger charge is -2.09. The van der Waals surface area contributed by atoms with Crippen LogP contribution in [-0.4, -0.2) is 13.0 Å². The summed E-state index contributed by atoms with van der Waals surface area (Å²) in [4.78, 5) is 12.0. The summed E-state index contributed by atoms with van der Waals surface area (Å²) in [6.45, 7) is 0. The predicted molar refractivity (Wildman–Crippen MR) is 75.1 cm³/mol. The van der Waals surface area contributed by atoms with Crippen LogP contribution in [0.25, 0.3) is 0 Å².